The summed E-state index contributed by atoms with van der Waals surface area (Å²) >= 11 is -1.27. The van der Waals surface area contributed by atoms with Crippen LogP contribution in [0.15, 0.2) is 18.2 Å². The molecule has 1 aromatic carbocycles. The maximum atomic E-state index is 13.5. The first-order chi connectivity index (χ1) is 17.4. The molecule has 0 spiro atoms. The Labute approximate surface area is 229 Å². The van der Waals surface area contributed by atoms with Crippen molar-refractivity contribution in [2.45, 2.75) is 153 Å². The molecule has 0 bridgehead atoms. The highest BCUT2D eigenvalue weighted by Crippen LogP contribution is 2.37. The standard InChI is InChI=1S/C12H17F2P.4C5H11.Al/c1-3-7-15(8-4-2)12-6-5-10(13)9-11(12)14;4*1-3-5-4-2;/h5-6,9H,3-4,7-8H2,1-2H3;4*1,3-5H2,2H3;/q;;;;;-1/p+1. The van der Waals surface area contributed by atoms with E-state index in [1.165, 1.54) is 57.4 Å². The average molecular weight is 543 g/mol. The van der Waals surface area contributed by atoms with Gasteiger partial charge in [0, 0.05) is 14.0 Å². The lowest BCUT2D eigenvalue weighted by atomic mass is 10.3. The lowest BCUT2D eigenvalue weighted by Gasteiger charge is -2.37. The summed E-state index contributed by atoms with van der Waals surface area (Å²) in [5.41, 5.74) is 0. The lowest BCUT2D eigenvalue weighted by Crippen LogP contribution is -2.33. The van der Waals surface area contributed by atoms with Crippen molar-refractivity contribution in [2.75, 3.05) is 12.3 Å². The van der Waals surface area contributed by atoms with Crippen LogP contribution >= 0.6 is 7.92 Å². The van der Waals surface area contributed by atoms with Crippen LogP contribution in [-0.4, -0.2) is 25.4 Å². The summed E-state index contributed by atoms with van der Waals surface area (Å²) in [5, 5.41) is 7.48. The minimum Gasteiger partial charge on any atom is -0.207 e. The van der Waals surface area contributed by atoms with E-state index in [9.17, 15) is 8.78 Å². The van der Waals surface area contributed by atoms with Gasteiger partial charge in [-0.3, -0.25) is 0 Å². The van der Waals surface area contributed by atoms with Crippen molar-refractivity contribution in [2.24, 2.45) is 0 Å². The SMILES string of the molecule is CCCC[CH2][Al-]([CH2]CCCC)([CH2]CCCC)[CH2]CCCC.CCC[PH+](CCC)c1ccc(F)cc1F. The third kappa shape index (κ3) is 16.8. The van der Waals surface area contributed by atoms with E-state index in [-0.39, 0.29) is 5.82 Å². The maximum absolute atomic E-state index is 13.5. The Hall–Kier alpha value is 0.0425. The van der Waals surface area contributed by atoms with Gasteiger partial charge in [0.2, 0.25) is 0 Å². The van der Waals surface area contributed by atoms with E-state index >= 15 is 0 Å². The van der Waals surface area contributed by atoms with Crippen molar-refractivity contribution in [1.29, 1.82) is 0 Å². The predicted octanol–water partition coefficient (Wildman–Crippen LogP) is 11.8. The molecule has 36 heavy (non-hydrogen) atoms. The molecule has 4 heteroatoms. The first-order valence-corrected chi connectivity index (χ1v) is 21.1. The zero-order valence-electron chi connectivity index (χ0n) is 25.2. The summed E-state index contributed by atoms with van der Waals surface area (Å²) < 4.78 is 26.3. The molecule has 0 saturated heterocycles. The molecule has 0 aliphatic heterocycles. The molecule has 0 nitrogen and oxygen atoms in total. The third-order valence-electron chi connectivity index (χ3n) is 8.10. The predicted molar refractivity (Wildman–Crippen MR) is 168 cm³/mol. The first-order valence-electron chi connectivity index (χ1n) is 15.9. The third-order valence-corrected chi connectivity index (χ3v) is 18.0. The fourth-order valence-electron chi connectivity index (χ4n) is 5.95. The van der Waals surface area contributed by atoms with Crippen LogP contribution in [0.1, 0.15) is 131 Å². The summed E-state index contributed by atoms with van der Waals surface area (Å²) in [5.74, 6) is -0.837. The van der Waals surface area contributed by atoms with Crippen LogP contribution in [-0.2, 0) is 0 Å². The molecule has 0 fully saturated rings. The van der Waals surface area contributed by atoms with Crippen molar-refractivity contribution in [3.63, 3.8) is 0 Å². The van der Waals surface area contributed by atoms with Crippen LogP contribution in [0.25, 0.3) is 0 Å². The molecule has 0 aliphatic rings. The van der Waals surface area contributed by atoms with Crippen LogP contribution in [0.4, 0.5) is 8.78 Å². The minimum absolute atomic E-state index is 0.356. The van der Waals surface area contributed by atoms with Crippen LogP contribution in [0.5, 0.6) is 0 Å². The molecule has 1 aromatic rings. The van der Waals surface area contributed by atoms with E-state index in [1.807, 2.05) is 0 Å². The molecular weight excluding hydrogens is 480 g/mol. The van der Waals surface area contributed by atoms with Crippen LogP contribution in [0, 0.1) is 11.6 Å². The highest BCUT2D eigenvalue weighted by molar-refractivity contribution is 7.65. The Bertz CT molecular complexity index is 571. The Morgan fingerprint density at radius 1 is 0.556 bits per heavy atom. The van der Waals surface area contributed by atoms with Gasteiger partial charge in [-0.2, -0.15) is 21.1 Å². The lowest BCUT2D eigenvalue weighted by molar-refractivity contribution is 0.588. The van der Waals surface area contributed by atoms with E-state index in [4.69, 9.17) is 0 Å². The molecule has 0 saturated carbocycles. The van der Waals surface area contributed by atoms with Gasteiger partial charge in [0.1, 0.15) is 24.2 Å². The maximum Gasteiger partial charge on any atom is 0.167 e. The molecule has 0 radical (unpaired) electrons. The van der Waals surface area contributed by atoms with E-state index in [0.717, 1.165) is 36.5 Å². The average Bonchev–Trinajstić information content (AvgIpc) is 2.85. The van der Waals surface area contributed by atoms with E-state index in [0.29, 0.717) is 0 Å². The van der Waals surface area contributed by atoms with Crippen molar-refractivity contribution in [3.8, 4) is 0 Å². The van der Waals surface area contributed by atoms with E-state index < -0.39 is 26.8 Å². The summed E-state index contributed by atoms with van der Waals surface area (Å²) in [7, 11) is -0.812. The van der Waals surface area contributed by atoms with Crippen LogP contribution < -0.4 is 5.30 Å². The Balaban J connectivity index is 0.000000717. The highest BCUT2D eigenvalue weighted by Gasteiger charge is 2.27. The monoisotopic (exact) mass is 542 g/mol. The zero-order valence-corrected chi connectivity index (χ0v) is 27.4. The number of halogens is 2. The van der Waals surface area contributed by atoms with Crippen molar-refractivity contribution in [1.82, 2.24) is 0 Å². The molecule has 0 heterocycles. The van der Waals surface area contributed by atoms with Crippen molar-refractivity contribution >= 4 is 26.3 Å². The minimum atomic E-state index is -1.27. The van der Waals surface area contributed by atoms with Crippen LogP contribution in [0.3, 0.4) is 0 Å². The number of hydrogen-bond acceptors (Lipinski definition) is 0. The molecule has 0 aromatic heterocycles. The van der Waals surface area contributed by atoms with Gasteiger partial charge in [0.15, 0.2) is 5.82 Å². The normalized spacial score (nSPS) is 11.6. The van der Waals surface area contributed by atoms with Gasteiger partial charge in [-0.25, -0.2) is 8.78 Å². The van der Waals surface area contributed by atoms with Gasteiger partial charge in [0.05, 0.1) is 12.3 Å². The second-order valence-corrected chi connectivity index (χ2v) is 20.0. The summed E-state index contributed by atoms with van der Waals surface area (Å²) in [4.78, 5) is 0. The van der Waals surface area contributed by atoms with Gasteiger partial charge in [-0.1, -0.05) is 119 Å². The molecular formula is C32H62AlF2P. The van der Waals surface area contributed by atoms with Gasteiger partial charge >= 0.3 is 0 Å². The quantitative estimate of drug-likeness (QED) is 0.0823. The molecule has 0 unspecified atom stereocenters. The van der Waals surface area contributed by atoms with Gasteiger partial charge in [-0.15, -0.1) is 0 Å². The molecule has 0 atom stereocenters. The molecule has 0 N–H and O–H groups in total. The highest BCUT2D eigenvalue weighted by atomic mass is 31.1. The fourth-order valence-corrected chi connectivity index (χ4v) is 15.0. The Morgan fingerprint density at radius 2 is 0.944 bits per heavy atom. The van der Waals surface area contributed by atoms with E-state index in [2.05, 4.69) is 41.5 Å². The van der Waals surface area contributed by atoms with Crippen molar-refractivity contribution in [3.05, 3.63) is 29.8 Å². The van der Waals surface area contributed by atoms with Gasteiger partial charge in [-0.05, 0) is 25.0 Å². The number of benzene rings is 1. The topological polar surface area (TPSA) is 0 Å². The first kappa shape index (κ1) is 36.0. The largest absolute Gasteiger partial charge is 0.207 e. The molecule has 1 rings (SSSR count). The van der Waals surface area contributed by atoms with Crippen LogP contribution in [0.2, 0.25) is 21.1 Å². The summed E-state index contributed by atoms with van der Waals surface area (Å²) in [6.45, 7) is 13.7. The molecule has 0 amide bonds. The number of rotatable bonds is 21. The summed E-state index contributed by atoms with van der Waals surface area (Å²) in [6, 6.07) is 4.00. The molecule has 212 valence electrons. The Kier molecular flexibility index (Phi) is 24.1. The second kappa shape index (κ2) is 24.1. The van der Waals surface area contributed by atoms with Gasteiger partial charge < -0.3 is 0 Å². The van der Waals surface area contributed by atoms with Crippen molar-refractivity contribution < 1.29 is 8.78 Å². The molecule has 0 aliphatic carbocycles. The second-order valence-electron chi connectivity index (χ2n) is 11.4. The fraction of sp³-hybridized carbons (Fsp3) is 0.812. The smallest absolute Gasteiger partial charge is 0.167 e. The number of unbranched alkanes of at least 4 members (excludes halogenated alkanes) is 8. The zero-order chi connectivity index (χ0) is 27.1. The van der Waals surface area contributed by atoms with E-state index in [1.54, 1.807) is 52.9 Å². The number of hydrogen-bond donors (Lipinski definition) is 0. The summed E-state index contributed by atoms with van der Waals surface area (Å²) in [6.07, 6.45) is 22.0. The van der Waals surface area contributed by atoms with Gasteiger partial charge in [0.25, 0.3) is 0 Å². The Morgan fingerprint density at radius 3 is 1.25 bits per heavy atom.